The first-order valence-electron chi connectivity index (χ1n) is 5.28. The second kappa shape index (κ2) is 5.94. The molecule has 0 aliphatic carbocycles. The summed E-state index contributed by atoms with van der Waals surface area (Å²) in [7, 11) is 1.52. The van der Waals surface area contributed by atoms with Crippen molar-refractivity contribution in [1.29, 1.82) is 0 Å². The predicted octanol–water partition coefficient (Wildman–Crippen LogP) is 2.58. The minimum absolute atomic E-state index is 0.427. The van der Waals surface area contributed by atoms with Crippen LogP contribution in [0.4, 0.5) is 0 Å². The lowest BCUT2D eigenvalue weighted by atomic mass is 10.2. The number of carboxylic acid groups (broad SMARTS) is 1. The Labute approximate surface area is 100 Å². The van der Waals surface area contributed by atoms with Crippen LogP contribution >= 0.6 is 0 Å². The fraction of sp³-hybridized carbons (Fsp3) is 0.308. The number of rotatable bonds is 5. The zero-order valence-electron chi connectivity index (χ0n) is 10.1. The Morgan fingerprint density at radius 1 is 1.41 bits per heavy atom. The summed E-state index contributed by atoms with van der Waals surface area (Å²) < 4.78 is 10.4. The van der Waals surface area contributed by atoms with Crippen molar-refractivity contribution in [1.82, 2.24) is 0 Å². The van der Waals surface area contributed by atoms with E-state index in [0.29, 0.717) is 11.5 Å². The summed E-state index contributed by atoms with van der Waals surface area (Å²) in [6, 6.07) is 5.34. The first-order valence-corrected chi connectivity index (χ1v) is 5.28. The Morgan fingerprint density at radius 3 is 2.65 bits per heavy atom. The van der Waals surface area contributed by atoms with Crippen LogP contribution in [0.15, 0.2) is 24.3 Å². The average Bonchev–Trinajstić information content (AvgIpc) is 2.31. The third-order valence-electron chi connectivity index (χ3n) is 2.20. The van der Waals surface area contributed by atoms with E-state index in [4.69, 9.17) is 14.6 Å². The van der Waals surface area contributed by atoms with E-state index in [1.807, 2.05) is 25.1 Å². The van der Waals surface area contributed by atoms with Gasteiger partial charge in [-0.15, -0.1) is 0 Å². The maximum atomic E-state index is 10.7. The molecule has 17 heavy (non-hydrogen) atoms. The molecule has 0 amide bonds. The number of carbonyl (C=O) groups is 1. The number of ether oxygens (including phenoxy) is 2. The van der Waals surface area contributed by atoms with Crippen molar-refractivity contribution in [3.05, 3.63) is 29.8 Å². The average molecular weight is 236 g/mol. The van der Waals surface area contributed by atoms with Gasteiger partial charge in [-0.1, -0.05) is 18.2 Å². The summed E-state index contributed by atoms with van der Waals surface area (Å²) in [5.74, 6) is -0.0612. The molecule has 1 N–H and O–H groups in total. The largest absolute Gasteiger partial charge is 0.493 e. The SMILES string of the molecule is CC=Cc1ccc(OC(C)C(=O)O)c(OC)c1. The number of carboxylic acids is 1. The Hall–Kier alpha value is -1.97. The summed E-state index contributed by atoms with van der Waals surface area (Å²) in [6.45, 7) is 3.39. The van der Waals surface area contributed by atoms with Gasteiger partial charge in [-0.3, -0.25) is 0 Å². The molecular formula is C13H16O4. The van der Waals surface area contributed by atoms with Gasteiger partial charge in [-0.2, -0.15) is 0 Å². The molecule has 0 heterocycles. The van der Waals surface area contributed by atoms with Crippen molar-refractivity contribution >= 4 is 12.0 Å². The maximum absolute atomic E-state index is 10.7. The molecule has 0 aromatic heterocycles. The van der Waals surface area contributed by atoms with Crippen molar-refractivity contribution in [2.24, 2.45) is 0 Å². The van der Waals surface area contributed by atoms with Crippen LogP contribution in [0.5, 0.6) is 11.5 Å². The van der Waals surface area contributed by atoms with Gasteiger partial charge in [0, 0.05) is 0 Å². The van der Waals surface area contributed by atoms with E-state index in [0.717, 1.165) is 5.56 Å². The highest BCUT2D eigenvalue weighted by Gasteiger charge is 2.15. The molecule has 0 saturated carbocycles. The first-order chi connectivity index (χ1) is 8.08. The molecule has 4 heteroatoms. The molecule has 0 radical (unpaired) electrons. The van der Waals surface area contributed by atoms with Gasteiger partial charge in [0.2, 0.25) is 0 Å². The molecule has 0 aliphatic rings. The van der Waals surface area contributed by atoms with Crippen molar-refractivity contribution in [3.8, 4) is 11.5 Å². The van der Waals surface area contributed by atoms with E-state index in [1.54, 1.807) is 12.1 Å². The minimum atomic E-state index is -1.01. The van der Waals surface area contributed by atoms with E-state index in [1.165, 1.54) is 14.0 Å². The summed E-state index contributed by atoms with van der Waals surface area (Å²) in [5.41, 5.74) is 0.972. The van der Waals surface area contributed by atoms with Crippen molar-refractivity contribution in [2.75, 3.05) is 7.11 Å². The molecule has 0 fully saturated rings. The van der Waals surface area contributed by atoms with Crippen LogP contribution in [0, 0.1) is 0 Å². The van der Waals surface area contributed by atoms with Crippen LogP contribution in [0.3, 0.4) is 0 Å². The van der Waals surface area contributed by atoms with Gasteiger partial charge >= 0.3 is 5.97 Å². The highest BCUT2D eigenvalue weighted by molar-refractivity contribution is 5.72. The van der Waals surface area contributed by atoms with E-state index in [9.17, 15) is 4.79 Å². The zero-order chi connectivity index (χ0) is 12.8. The van der Waals surface area contributed by atoms with Gasteiger partial charge in [-0.25, -0.2) is 4.79 Å². The van der Waals surface area contributed by atoms with Gasteiger partial charge in [0.1, 0.15) is 0 Å². The molecule has 1 rings (SSSR count). The molecule has 92 valence electrons. The Balaban J connectivity index is 2.96. The molecule has 1 unspecified atom stereocenters. The normalized spacial score (nSPS) is 12.4. The monoisotopic (exact) mass is 236 g/mol. The van der Waals surface area contributed by atoms with Crippen molar-refractivity contribution < 1.29 is 19.4 Å². The van der Waals surface area contributed by atoms with Gasteiger partial charge in [0.25, 0.3) is 0 Å². The predicted molar refractivity (Wildman–Crippen MR) is 65.4 cm³/mol. The number of hydrogen-bond donors (Lipinski definition) is 1. The Morgan fingerprint density at radius 2 is 2.12 bits per heavy atom. The van der Waals surface area contributed by atoms with Crippen LogP contribution in [-0.4, -0.2) is 24.3 Å². The lowest BCUT2D eigenvalue weighted by Crippen LogP contribution is -2.23. The lowest BCUT2D eigenvalue weighted by Gasteiger charge is -2.14. The fourth-order valence-electron chi connectivity index (χ4n) is 1.32. The van der Waals surface area contributed by atoms with E-state index < -0.39 is 12.1 Å². The first kappa shape index (κ1) is 13.1. The Bertz CT molecular complexity index is 423. The summed E-state index contributed by atoms with van der Waals surface area (Å²) in [5, 5.41) is 8.77. The molecule has 0 bridgehead atoms. The van der Waals surface area contributed by atoms with Crippen LogP contribution in [-0.2, 0) is 4.79 Å². The standard InChI is InChI=1S/C13H16O4/c1-4-5-10-6-7-11(12(8-10)16-3)17-9(2)13(14)15/h4-9H,1-3H3,(H,14,15). The third-order valence-corrected chi connectivity index (χ3v) is 2.20. The number of allylic oxidation sites excluding steroid dienone is 1. The second-order valence-corrected chi connectivity index (χ2v) is 3.51. The van der Waals surface area contributed by atoms with Crippen LogP contribution < -0.4 is 9.47 Å². The number of hydrogen-bond acceptors (Lipinski definition) is 3. The molecule has 1 aromatic rings. The van der Waals surface area contributed by atoms with Gasteiger partial charge in [-0.05, 0) is 31.5 Å². The quantitative estimate of drug-likeness (QED) is 0.853. The summed E-state index contributed by atoms with van der Waals surface area (Å²) >= 11 is 0. The van der Waals surface area contributed by atoms with Crippen LogP contribution in [0.1, 0.15) is 19.4 Å². The fourth-order valence-corrected chi connectivity index (χ4v) is 1.32. The lowest BCUT2D eigenvalue weighted by molar-refractivity contribution is -0.144. The smallest absolute Gasteiger partial charge is 0.344 e. The minimum Gasteiger partial charge on any atom is -0.493 e. The highest BCUT2D eigenvalue weighted by atomic mass is 16.5. The van der Waals surface area contributed by atoms with Crippen LogP contribution in [0.2, 0.25) is 0 Å². The maximum Gasteiger partial charge on any atom is 0.344 e. The third kappa shape index (κ3) is 3.52. The number of benzene rings is 1. The molecule has 0 spiro atoms. The topological polar surface area (TPSA) is 55.8 Å². The molecule has 0 aliphatic heterocycles. The summed E-state index contributed by atoms with van der Waals surface area (Å²) in [6.07, 6.45) is 2.93. The van der Waals surface area contributed by atoms with Crippen molar-refractivity contribution in [2.45, 2.75) is 20.0 Å². The van der Waals surface area contributed by atoms with E-state index >= 15 is 0 Å². The second-order valence-electron chi connectivity index (χ2n) is 3.51. The van der Waals surface area contributed by atoms with Crippen molar-refractivity contribution in [3.63, 3.8) is 0 Å². The number of methoxy groups -OCH3 is 1. The van der Waals surface area contributed by atoms with Gasteiger partial charge < -0.3 is 14.6 Å². The molecule has 0 saturated heterocycles. The van der Waals surface area contributed by atoms with Gasteiger partial charge in [0.05, 0.1) is 7.11 Å². The van der Waals surface area contributed by atoms with E-state index in [-0.39, 0.29) is 0 Å². The van der Waals surface area contributed by atoms with Crippen LogP contribution in [0.25, 0.3) is 6.08 Å². The van der Waals surface area contributed by atoms with Gasteiger partial charge in [0.15, 0.2) is 17.6 Å². The Kier molecular flexibility index (Phi) is 4.57. The molecular weight excluding hydrogens is 220 g/mol. The number of aliphatic carboxylic acids is 1. The molecule has 1 atom stereocenters. The van der Waals surface area contributed by atoms with E-state index in [2.05, 4.69) is 0 Å². The summed E-state index contributed by atoms with van der Waals surface area (Å²) in [4.78, 5) is 10.7. The highest BCUT2D eigenvalue weighted by Crippen LogP contribution is 2.29. The molecule has 1 aromatic carbocycles. The zero-order valence-corrected chi connectivity index (χ0v) is 10.1. The molecule has 4 nitrogen and oxygen atoms in total.